The molecule has 1 aliphatic rings. The van der Waals surface area contributed by atoms with Crippen LogP contribution in [-0.4, -0.2) is 36.9 Å². The first kappa shape index (κ1) is 16.0. The summed E-state index contributed by atoms with van der Waals surface area (Å²) < 4.78 is 10.1. The van der Waals surface area contributed by atoms with E-state index in [9.17, 15) is 9.59 Å². The maximum Gasteiger partial charge on any atom is 0.354 e. The molecular formula is C16H20N2O4. The highest BCUT2D eigenvalue weighted by molar-refractivity contribution is 6.38. The highest BCUT2D eigenvalue weighted by Crippen LogP contribution is 2.26. The summed E-state index contributed by atoms with van der Waals surface area (Å²) in [5.41, 5.74) is 2.08. The molecule has 0 aromatic heterocycles. The molecule has 0 saturated carbocycles. The summed E-state index contributed by atoms with van der Waals surface area (Å²) in [6.45, 7) is 6.01. The maximum absolute atomic E-state index is 12.1. The number of rotatable bonds is 5. The summed E-state index contributed by atoms with van der Waals surface area (Å²) in [5, 5.41) is 5.80. The van der Waals surface area contributed by atoms with Crippen molar-refractivity contribution in [2.45, 2.75) is 33.2 Å². The molecule has 0 fully saturated rings. The van der Waals surface area contributed by atoms with Gasteiger partial charge in [-0.3, -0.25) is 5.01 Å². The second kappa shape index (κ2) is 7.06. The van der Waals surface area contributed by atoms with Crippen LogP contribution in [0.15, 0.2) is 29.4 Å². The lowest BCUT2D eigenvalue weighted by molar-refractivity contribution is -0.144. The van der Waals surface area contributed by atoms with Crippen molar-refractivity contribution in [2.24, 2.45) is 5.10 Å². The molecule has 1 aromatic carbocycles. The fourth-order valence-corrected chi connectivity index (χ4v) is 2.21. The highest BCUT2D eigenvalue weighted by atomic mass is 16.5. The standard InChI is InChI=1S/C16H20N2O4/c1-4-21-15(19)13-10-14(16(20)22-5-2)18(17-13)12-8-6-11(3)7-9-12/h6-9,14H,4-5,10H2,1-3H3. The van der Waals surface area contributed by atoms with Crippen LogP contribution < -0.4 is 5.01 Å². The molecule has 1 atom stereocenters. The van der Waals surface area contributed by atoms with Crippen LogP contribution in [0.3, 0.4) is 0 Å². The van der Waals surface area contributed by atoms with Crippen LogP contribution in [0.5, 0.6) is 0 Å². The molecule has 118 valence electrons. The minimum atomic E-state index is -0.637. The Hall–Kier alpha value is -2.37. The Morgan fingerprint density at radius 3 is 2.41 bits per heavy atom. The molecule has 6 heteroatoms. The van der Waals surface area contributed by atoms with Gasteiger partial charge in [0.25, 0.3) is 0 Å². The molecule has 1 aromatic rings. The third-order valence-corrected chi connectivity index (χ3v) is 3.28. The first-order valence-corrected chi connectivity index (χ1v) is 7.34. The number of hydrogen-bond donors (Lipinski definition) is 0. The Bertz CT molecular complexity index is 580. The molecule has 0 saturated heterocycles. The largest absolute Gasteiger partial charge is 0.464 e. The topological polar surface area (TPSA) is 68.2 Å². The van der Waals surface area contributed by atoms with E-state index in [4.69, 9.17) is 9.47 Å². The van der Waals surface area contributed by atoms with Crippen molar-refractivity contribution in [1.29, 1.82) is 0 Å². The van der Waals surface area contributed by atoms with Crippen molar-refractivity contribution >= 4 is 23.3 Å². The molecule has 1 aliphatic heterocycles. The quantitative estimate of drug-likeness (QED) is 0.779. The molecule has 0 radical (unpaired) electrons. The Morgan fingerprint density at radius 2 is 1.82 bits per heavy atom. The van der Waals surface area contributed by atoms with E-state index < -0.39 is 18.0 Å². The number of hydrazone groups is 1. The molecule has 1 unspecified atom stereocenters. The molecule has 0 bridgehead atoms. The summed E-state index contributed by atoms with van der Waals surface area (Å²) in [6.07, 6.45) is 0.186. The van der Waals surface area contributed by atoms with Crippen LogP contribution in [-0.2, 0) is 19.1 Å². The zero-order chi connectivity index (χ0) is 16.1. The van der Waals surface area contributed by atoms with Gasteiger partial charge >= 0.3 is 11.9 Å². The lowest BCUT2D eigenvalue weighted by Crippen LogP contribution is -2.36. The van der Waals surface area contributed by atoms with Crippen LogP contribution in [0, 0.1) is 6.92 Å². The van der Waals surface area contributed by atoms with Crippen LogP contribution in [0.2, 0.25) is 0 Å². The lowest BCUT2D eigenvalue weighted by atomic mass is 10.1. The highest BCUT2D eigenvalue weighted by Gasteiger charge is 2.37. The average molecular weight is 304 g/mol. The van der Waals surface area contributed by atoms with Crippen molar-refractivity contribution in [3.05, 3.63) is 29.8 Å². The van der Waals surface area contributed by atoms with E-state index in [1.54, 1.807) is 13.8 Å². The summed E-state index contributed by atoms with van der Waals surface area (Å²) in [5.74, 6) is -0.891. The fraction of sp³-hybridized carbons (Fsp3) is 0.438. The number of hydrogen-bond acceptors (Lipinski definition) is 6. The molecule has 6 nitrogen and oxygen atoms in total. The number of aryl methyl sites for hydroxylation is 1. The Morgan fingerprint density at radius 1 is 1.18 bits per heavy atom. The number of nitrogens with zero attached hydrogens (tertiary/aromatic N) is 2. The van der Waals surface area contributed by atoms with Crippen molar-refractivity contribution < 1.29 is 19.1 Å². The van der Waals surface area contributed by atoms with Gasteiger partial charge in [0.2, 0.25) is 0 Å². The van der Waals surface area contributed by atoms with Gasteiger partial charge in [-0.05, 0) is 32.9 Å². The maximum atomic E-state index is 12.1. The SMILES string of the molecule is CCOC(=O)C1=NN(c2ccc(C)cc2)C(C(=O)OCC)C1. The van der Waals surface area contributed by atoms with Gasteiger partial charge in [0.05, 0.1) is 18.9 Å². The van der Waals surface area contributed by atoms with E-state index in [1.807, 2.05) is 31.2 Å². The van der Waals surface area contributed by atoms with E-state index in [-0.39, 0.29) is 25.3 Å². The van der Waals surface area contributed by atoms with Gasteiger partial charge in [-0.25, -0.2) is 9.59 Å². The smallest absolute Gasteiger partial charge is 0.354 e. The third-order valence-electron chi connectivity index (χ3n) is 3.28. The van der Waals surface area contributed by atoms with Gasteiger partial charge in [-0.1, -0.05) is 17.7 Å². The van der Waals surface area contributed by atoms with Crippen molar-refractivity contribution in [3.63, 3.8) is 0 Å². The third kappa shape index (κ3) is 3.44. The molecule has 0 spiro atoms. The summed E-state index contributed by atoms with van der Waals surface area (Å²) in [4.78, 5) is 24.0. The van der Waals surface area contributed by atoms with E-state index in [2.05, 4.69) is 5.10 Å². The molecule has 1 heterocycles. The molecule has 2 rings (SSSR count). The number of benzene rings is 1. The number of carbonyl (C=O) groups is 2. The Labute approximate surface area is 129 Å². The van der Waals surface area contributed by atoms with E-state index in [0.29, 0.717) is 0 Å². The molecular weight excluding hydrogens is 284 g/mol. The lowest BCUT2D eigenvalue weighted by Gasteiger charge is -2.21. The average Bonchev–Trinajstić information content (AvgIpc) is 2.94. The van der Waals surface area contributed by atoms with Gasteiger partial charge in [-0.15, -0.1) is 0 Å². The van der Waals surface area contributed by atoms with Gasteiger partial charge < -0.3 is 9.47 Å². The summed E-state index contributed by atoms with van der Waals surface area (Å²) in [7, 11) is 0. The van der Waals surface area contributed by atoms with Crippen LogP contribution in [0.25, 0.3) is 0 Å². The number of anilines is 1. The Kier molecular flexibility index (Phi) is 5.14. The molecule has 0 N–H and O–H groups in total. The van der Waals surface area contributed by atoms with Gasteiger partial charge in [0.15, 0.2) is 6.04 Å². The molecule has 22 heavy (non-hydrogen) atoms. The summed E-state index contributed by atoms with van der Waals surface area (Å²) in [6, 6.07) is 6.94. The molecule has 0 amide bonds. The van der Waals surface area contributed by atoms with Crippen LogP contribution >= 0.6 is 0 Å². The normalized spacial score (nSPS) is 17.1. The van der Waals surface area contributed by atoms with Crippen LogP contribution in [0.4, 0.5) is 5.69 Å². The monoisotopic (exact) mass is 304 g/mol. The second-order valence-electron chi connectivity index (χ2n) is 4.92. The number of ether oxygens (including phenoxy) is 2. The van der Waals surface area contributed by atoms with Gasteiger partial charge in [0.1, 0.15) is 5.71 Å². The van der Waals surface area contributed by atoms with E-state index >= 15 is 0 Å². The first-order valence-electron chi connectivity index (χ1n) is 7.34. The van der Waals surface area contributed by atoms with Crippen molar-refractivity contribution in [1.82, 2.24) is 0 Å². The van der Waals surface area contributed by atoms with Crippen LogP contribution in [0.1, 0.15) is 25.8 Å². The molecule has 0 aliphatic carbocycles. The minimum absolute atomic E-state index is 0.186. The van der Waals surface area contributed by atoms with Crippen molar-refractivity contribution in [3.8, 4) is 0 Å². The predicted molar refractivity (Wildman–Crippen MR) is 82.8 cm³/mol. The van der Waals surface area contributed by atoms with E-state index in [1.165, 1.54) is 5.01 Å². The number of carbonyl (C=O) groups excluding carboxylic acids is 2. The van der Waals surface area contributed by atoms with Crippen molar-refractivity contribution in [2.75, 3.05) is 18.2 Å². The first-order chi connectivity index (χ1) is 10.6. The number of esters is 2. The van der Waals surface area contributed by atoms with E-state index in [0.717, 1.165) is 11.3 Å². The zero-order valence-corrected chi connectivity index (χ0v) is 13.0. The second-order valence-corrected chi connectivity index (χ2v) is 4.92. The fourth-order valence-electron chi connectivity index (χ4n) is 2.21. The minimum Gasteiger partial charge on any atom is -0.464 e. The predicted octanol–water partition coefficient (Wildman–Crippen LogP) is 2.06. The van der Waals surface area contributed by atoms with Gasteiger partial charge in [-0.2, -0.15) is 5.10 Å². The Balaban J connectivity index is 2.28. The zero-order valence-electron chi connectivity index (χ0n) is 13.0. The van der Waals surface area contributed by atoms with Gasteiger partial charge in [0, 0.05) is 6.42 Å². The summed E-state index contributed by atoms with van der Waals surface area (Å²) >= 11 is 0.